The van der Waals surface area contributed by atoms with E-state index in [-0.39, 0.29) is 11.9 Å². The number of esters is 1. The molecule has 0 spiro atoms. The van der Waals surface area contributed by atoms with Crippen LogP contribution in [0.25, 0.3) is 22.4 Å². The van der Waals surface area contributed by atoms with Crippen LogP contribution in [0.2, 0.25) is 0 Å². The number of piperidine rings is 1. The van der Waals surface area contributed by atoms with Gasteiger partial charge in [0, 0.05) is 42.8 Å². The summed E-state index contributed by atoms with van der Waals surface area (Å²) in [5.41, 5.74) is 3.71. The van der Waals surface area contributed by atoms with Crippen molar-refractivity contribution in [2.75, 3.05) is 24.6 Å². The SMILES string of the molecule is CCOC(=O)C1CCN(c2ncc(-c3ccncc3)c(-c3ccoc3C)n2)CC1. The summed E-state index contributed by atoms with van der Waals surface area (Å²) in [7, 11) is 0. The van der Waals surface area contributed by atoms with E-state index in [1.54, 1.807) is 18.7 Å². The number of furan rings is 1. The monoisotopic (exact) mass is 392 g/mol. The Bertz CT molecular complexity index is 979. The lowest BCUT2D eigenvalue weighted by Gasteiger charge is -2.31. The number of carbonyl (C=O) groups excluding carboxylic acids is 1. The highest BCUT2D eigenvalue weighted by Gasteiger charge is 2.27. The van der Waals surface area contributed by atoms with Crippen LogP contribution in [0.1, 0.15) is 25.5 Å². The summed E-state index contributed by atoms with van der Waals surface area (Å²) in [6.07, 6.45) is 8.54. The number of nitrogens with zero attached hydrogens (tertiary/aromatic N) is 4. The van der Waals surface area contributed by atoms with E-state index in [1.165, 1.54) is 0 Å². The van der Waals surface area contributed by atoms with Crippen LogP contribution in [0.4, 0.5) is 5.95 Å². The number of rotatable bonds is 5. The van der Waals surface area contributed by atoms with Crippen LogP contribution in [0, 0.1) is 12.8 Å². The molecule has 0 atom stereocenters. The van der Waals surface area contributed by atoms with Crippen molar-refractivity contribution in [1.29, 1.82) is 0 Å². The second-order valence-electron chi connectivity index (χ2n) is 7.07. The molecule has 0 N–H and O–H groups in total. The lowest BCUT2D eigenvalue weighted by atomic mass is 9.97. The van der Waals surface area contributed by atoms with E-state index >= 15 is 0 Å². The molecule has 29 heavy (non-hydrogen) atoms. The molecule has 7 nitrogen and oxygen atoms in total. The molecule has 7 heteroatoms. The Balaban J connectivity index is 1.63. The highest BCUT2D eigenvalue weighted by atomic mass is 16.5. The van der Waals surface area contributed by atoms with Gasteiger partial charge in [-0.15, -0.1) is 0 Å². The first kappa shape index (κ1) is 19.1. The Morgan fingerprint density at radius 1 is 1.21 bits per heavy atom. The molecule has 1 aliphatic heterocycles. The van der Waals surface area contributed by atoms with Crippen molar-refractivity contribution in [2.24, 2.45) is 5.92 Å². The van der Waals surface area contributed by atoms with Crippen LogP contribution in [-0.4, -0.2) is 40.6 Å². The summed E-state index contributed by atoms with van der Waals surface area (Å²) in [5, 5.41) is 0. The third-order valence-corrected chi connectivity index (χ3v) is 5.28. The van der Waals surface area contributed by atoms with Gasteiger partial charge in [-0.1, -0.05) is 0 Å². The largest absolute Gasteiger partial charge is 0.469 e. The van der Waals surface area contributed by atoms with Crippen LogP contribution in [0.3, 0.4) is 0 Å². The predicted molar refractivity (Wildman–Crippen MR) is 109 cm³/mol. The van der Waals surface area contributed by atoms with E-state index in [2.05, 4.69) is 14.9 Å². The third-order valence-electron chi connectivity index (χ3n) is 5.28. The third kappa shape index (κ3) is 3.99. The number of anilines is 1. The predicted octanol–water partition coefficient (Wildman–Crippen LogP) is 3.89. The molecule has 4 rings (SSSR count). The minimum Gasteiger partial charge on any atom is -0.469 e. The summed E-state index contributed by atoms with van der Waals surface area (Å²) < 4.78 is 10.7. The van der Waals surface area contributed by atoms with Crippen LogP contribution >= 0.6 is 0 Å². The van der Waals surface area contributed by atoms with Gasteiger partial charge in [-0.05, 0) is 50.5 Å². The number of carbonyl (C=O) groups is 1. The zero-order valence-corrected chi connectivity index (χ0v) is 16.7. The number of pyridine rings is 1. The average Bonchev–Trinajstić information content (AvgIpc) is 3.20. The maximum atomic E-state index is 12.0. The van der Waals surface area contributed by atoms with Crippen LogP contribution in [0.15, 0.2) is 47.5 Å². The van der Waals surface area contributed by atoms with Crippen molar-refractivity contribution in [3.05, 3.63) is 48.8 Å². The van der Waals surface area contributed by atoms with Gasteiger partial charge >= 0.3 is 5.97 Å². The molecule has 0 unspecified atom stereocenters. The molecule has 0 amide bonds. The summed E-state index contributed by atoms with van der Waals surface area (Å²) in [6, 6.07) is 5.82. The van der Waals surface area contributed by atoms with E-state index in [4.69, 9.17) is 14.1 Å². The summed E-state index contributed by atoms with van der Waals surface area (Å²) >= 11 is 0. The molecule has 3 aromatic heterocycles. The normalized spacial score (nSPS) is 14.8. The van der Waals surface area contributed by atoms with Gasteiger partial charge in [-0.2, -0.15) is 0 Å². The second-order valence-corrected chi connectivity index (χ2v) is 7.07. The molecule has 1 aliphatic rings. The molecule has 0 aliphatic carbocycles. The number of hydrogen-bond donors (Lipinski definition) is 0. The first-order valence-electron chi connectivity index (χ1n) is 9.91. The smallest absolute Gasteiger partial charge is 0.309 e. The Labute approximate surface area is 169 Å². The van der Waals surface area contributed by atoms with Crippen molar-refractivity contribution in [1.82, 2.24) is 15.0 Å². The number of aryl methyl sites for hydroxylation is 1. The maximum Gasteiger partial charge on any atom is 0.309 e. The maximum absolute atomic E-state index is 12.0. The molecule has 150 valence electrons. The number of ether oxygens (including phenoxy) is 1. The van der Waals surface area contributed by atoms with Crippen LogP contribution in [-0.2, 0) is 9.53 Å². The highest BCUT2D eigenvalue weighted by molar-refractivity contribution is 5.81. The van der Waals surface area contributed by atoms with E-state index < -0.39 is 0 Å². The van der Waals surface area contributed by atoms with E-state index in [1.807, 2.05) is 38.2 Å². The fourth-order valence-electron chi connectivity index (χ4n) is 3.68. The van der Waals surface area contributed by atoms with Gasteiger partial charge in [0.15, 0.2) is 0 Å². The average molecular weight is 392 g/mol. The van der Waals surface area contributed by atoms with E-state index in [0.717, 1.165) is 54.1 Å². The zero-order chi connectivity index (χ0) is 20.2. The van der Waals surface area contributed by atoms with Crippen molar-refractivity contribution >= 4 is 11.9 Å². The Hall–Kier alpha value is -3.22. The van der Waals surface area contributed by atoms with Gasteiger partial charge in [-0.3, -0.25) is 9.78 Å². The lowest BCUT2D eigenvalue weighted by molar-refractivity contribution is -0.148. The Morgan fingerprint density at radius 2 is 1.97 bits per heavy atom. The molecule has 0 aromatic carbocycles. The molecular weight excluding hydrogens is 368 g/mol. The fraction of sp³-hybridized carbons (Fsp3) is 0.364. The van der Waals surface area contributed by atoms with Gasteiger partial charge in [0.05, 0.1) is 24.5 Å². The first-order valence-corrected chi connectivity index (χ1v) is 9.91. The molecular formula is C22H24N4O3. The highest BCUT2D eigenvalue weighted by Crippen LogP contribution is 2.34. The Kier molecular flexibility index (Phi) is 5.55. The number of aromatic nitrogens is 3. The van der Waals surface area contributed by atoms with E-state index in [0.29, 0.717) is 12.6 Å². The van der Waals surface area contributed by atoms with Crippen LogP contribution < -0.4 is 4.90 Å². The molecule has 4 heterocycles. The minimum absolute atomic E-state index is 0.0436. The lowest BCUT2D eigenvalue weighted by Crippen LogP contribution is -2.38. The Morgan fingerprint density at radius 3 is 2.62 bits per heavy atom. The molecule has 0 bridgehead atoms. The van der Waals surface area contributed by atoms with Gasteiger partial charge in [-0.25, -0.2) is 9.97 Å². The summed E-state index contributed by atoms with van der Waals surface area (Å²) in [4.78, 5) is 27.8. The standard InChI is InChI=1S/C22H24N4O3/c1-3-28-21(27)17-6-11-26(12-7-17)22-24-14-19(16-4-9-23-10-5-16)20(25-22)18-8-13-29-15(18)2/h4-5,8-10,13-14,17H,3,6-7,11-12H2,1-2H3. The second kappa shape index (κ2) is 8.43. The summed E-state index contributed by atoms with van der Waals surface area (Å²) in [5.74, 6) is 1.33. The van der Waals surface area contributed by atoms with Crippen LogP contribution in [0.5, 0.6) is 0 Å². The van der Waals surface area contributed by atoms with Gasteiger partial charge in [0.25, 0.3) is 0 Å². The van der Waals surface area contributed by atoms with Crippen molar-refractivity contribution in [3.63, 3.8) is 0 Å². The topological polar surface area (TPSA) is 81.4 Å². The molecule has 1 saturated heterocycles. The first-order chi connectivity index (χ1) is 14.2. The van der Waals surface area contributed by atoms with Gasteiger partial charge < -0.3 is 14.1 Å². The van der Waals surface area contributed by atoms with Crippen molar-refractivity contribution in [2.45, 2.75) is 26.7 Å². The molecule has 1 fully saturated rings. The quantitative estimate of drug-likeness (QED) is 0.609. The van der Waals surface area contributed by atoms with E-state index in [9.17, 15) is 4.79 Å². The summed E-state index contributed by atoms with van der Waals surface area (Å²) in [6.45, 7) is 5.64. The van der Waals surface area contributed by atoms with Gasteiger partial charge in [0.1, 0.15) is 5.76 Å². The zero-order valence-electron chi connectivity index (χ0n) is 16.7. The minimum atomic E-state index is -0.101. The van der Waals surface area contributed by atoms with Crippen molar-refractivity contribution in [3.8, 4) is 22.4 Å². The molecule has 0 saturated carbocycles. The number of hydrogen-bond acceptors (Lipinski definition) is 7. The van der Waals surface area contributed by atoms with Crippen molar-refractivity contribution < 1.29 is 13.9 Å². The fourth-order valence-corrected chi connectivity index (χ4v) is 3.68. The molecule has 0 radical (unpaired) electrons. The molecule has 3 aromatic rings. The van der Waals surface area contributed by atoms with Gasteiger partial charge in [0.2, 0.25) is 5.95 Å².